The van der Waals surface area contributed by atoms with Gasteiger partial charge in [-0.3, -0.25) is 14.5 Å². The molecule has 2 fully saturated rings. The fourth-order valence-electron chi connectivity index (χ4n) is 4.26. The molecular weight excluding hydrogens is 382 g/mol. The number of anilines is 1. The highest BCUT2D eigenvalue weighted by molar-refractivity contribution is 7.10. The Morgan fingerprint density at radius 1 is 1.21 bits per heavy atom. The van der Waals surface area contributed by atoms with Crippen LogP contribution < -0.4 is 10.2 Å². The fourth-order valence-corrected chi connectivity index (χ4v) is 5.12. The molecule has 2 amide bonds. The van der Waals surface area contributed by atoms with E-state index >= 15 is 0 Å². The number of amides is 2. The van der Waals surface area contributed by atoms with Gasteiger partial charge in [0.15, 0.2) is 0 Å². The van der Waals surface area contributed by atoms with Crippen LogP contribution in [0.1, 0.15) is 53.9 Å². The van der Waals surface area contributed by atoms with Crippen molar-refractivity contribution in [1.82, 2.24) is 10.2 Å². The zero-order valence-corrected chi connectivity index (χ0v) is 17.8. The molecule has 4 rings (SSSR count). The lowest BCUT2D eigenvalue weighted by atomic mass is 9.97. The lowest BCUT2D eigenvalue weighted by Crippen LogP contribution is -2.41. The molecule has 2 saturated heterocycles. The minimum atomic E-state index is -0.0783. The van der Waals surface area contributed by atoms with Crippen LogP contribution in [0.25, 0.3) is 0 Å². The summed E-state index contributed by atoms with van der Waals surface area (Å²) in [5, 5.41) is 5.25. The summed E-state index contributed by atoms with van der Waals surface area (Å²) in [5.41, 5.74) is 1.43. The van der Waals surface area contributed by atoms with Gasteiger partial charge in [-0.2, -0.15) is 0 Å². The summed E-state index contributed by atoms with van der Waals surface area (Å²) in [5.74, 6) is 0.839. The van der Waals surface area contributed by atoms with Crippen molar-refractivity contribution in [3.05, 3.63) is 52.2 Å². The third-order valence-corrected chi connectivity index (χ3v) is 7.05. The van der Waals surface area contributed by atoms with Gasteiger partial charge in [-0.05, 0) is 67.9 Å². The first kappa shape index (κ1) is 20.1. The van der Waals surface area contributed by atoms with Crippen molar-refractivity contribution in [2.45, 2.75) is 38.6 Å². The average Bonchev–Trinajstić information content (AvgIpc) is 3.41. The lowest BCUT2D eigenvalue weighted by molar-refractivity contribution is -0.117. The summed E-state index contributed by atoms with van der Waals surface area (Å²) in [6.45, 7) is 5.80. The molecule has 0 spiro atoms. The van der Waals surface area contributed by atoms with E-state index in [1.54, 1.807) is 16.2 Å². The summed E-state index contributed by atoms with van der Waals surface area (Å²) >= 11 is 1.76. The average molecular weight is 412 g/mol. The predicted molar refractivity (Wildman–Crippen MR) is 117 cm³/mol. The van der Waals surface area contributed by atoms with E-state index in [0.717, 1.165) is 37.7 Å². The number of benzene rings is 1. The van der Waals surface area contributed by atoms with Gasteiger partial charge in [0.25, 0.3) is 5.91 Å². The molecule has 2 aliphatic rings. The molecule has 29 heavy (non-hydrogen) atoms. The first-order valence-electron chi connectivity index (χ1n) is 10.6. The van der Waals surface area contributed by atoms with Crippen molar-refractivity contribution < 1.29 is 9.59 Å². The van der Waals surface area contributed by atoms with Gasteiger partial charge in [-0.1, -0.05) is 19.1 Å². The van der Waals surface area contributed by atoms with E-state index in [9.17, 15) is 9.59 Å². The highest BCUT2D eigenvalue weighted by Crippen LogP contribution is 2.29. The Morgan fingerprint density at radius 3 is 2.72 bits per heavy atom. The van der Waals surface area contributed by atoms with Crippen LogP contribution in [0.3, 0.4) is 0 Å². The molecule has 1 atom stereocenters. The second-order valence-corrected chi connectivity index (χ2v) is 9.14. The Morgan fingerprint density at radius 2 is 2.03 bits per heavy atom. The molecule has 3 heterocycles. The van der Waals surface area contributed by atoms with Crippen LogP contribution in [0.15, 0.2) is 41.8 Å². The van der Waals surface area contributed by atoms with Gasteiger partial charge in [0, 0.05) is 35.6 Å². The maximum Gasteiger partial charge on any atom is 0.251 e. The zero-order valence-electron chi connectivity index (χ0n) is 17.0. The third-order valence-electron chi connectivity index (χ3n) is 6.08. The fraction of sp³-hybridized carbons (Fsp3) is 0.478. The van der Waals surface area contributed by atoms with Crippen LogP contribution >= 0.6 is 11.3 Å². The number of hydrogen-bond acceptors (Lipinski definition) is 4. The molecule has 154 valence electrons. The third kappa shape index (κ3) is 4.70. The highest BCUT2D eigenvalue weighted by Gasteiger charge is 2.26. The SMILES string of the molecule is CC1CCN(C(CNC(=O)c2cccc(N3CCCC3=O)c2)c2cccs2)CC1. The van der Waals surface area contributed by atoms with Crippen LogP contribution in [0, 0.1) is 5.92 Å². The summed E-state index contributed by atoms with van der Waals surface area (Å²) in [7, 11) is 0. The van der Waals surface area contributed by atoms with Crippen LogP contribution in [-0.2, 0) is 4.79 Å². The quantitative estimate of drug-likeness (QED) is 0.779. The van der Waals surface area contributed by atoms with Crippen molar-refractivity contribution in [2.24, 2.45) is 5.92 Å². The summed E-state index contributed by atoms with van der Waals surface area (Å²) < 4.78 is 0. The van der Waals surface area contributed by atoms with Gasteiger partial charge in [0.1, 0.15) is 0 Å². The molecule has 6 heteroatoms. The lowest BCUT2D eigenvalue weighted by Gasteiger charge is -2.36. The zero-order chi connectivity index (χ0) is 20.2. The number of hydrogen-bond donors (Lipinski definition) is 1. The Balaban J connectivity index is 1.43. The summed E-state index contributed by atoms with van der Waals surface area (Å²) in [4.78, 5) is 30.5. The Hall–Kier alpha value is -2.18. The van der Waals surface area contributed by atoms with Gasteiger partial charge in [0.2, 0.25) is 5.91 Å². The number of likely N-dealkylation sites (tertiary alicyclic amines) is 1. The second kappa shape index (κ2) is 9.09. The number of rotatable bonds is 6. The van der Waals surface area contributed by atoms with Crippen molar-refractivity contribution in [3.8, 4) is 0 Å². The molecule has 0 aliphatic carbocycles. The van der Waals surface area contributed by atoms with Crippen molar-refractivity contribution in [2.75, 3.05) is 31.1 Å². The first-order chi connectivity index (χ1) is 14.1. The topological polar surface area (TPSA) is 52.7 Å². The van der Waals surface area contributed by atoms with Gasteiger partial charge in [0.05, 0.1) is 6.04 Å². The Kier molecular flexibility index (Phi) is 6.31. The van der Waals surface area contributed by atoms with E-state index < -0.39 is 0 Å². The maximum atomic E-state index is 12.9. The molecule has 0 saturated carbocycles. The Bertz CT molecular complexity index is 844. The standard InChI is InChI=1S/C23H29N3O2S/c1-17-9-12-25(13-10-17)20(21-7-4-14-29-21)16-24-23(28)18-5-2-6-19(15-18)26-11-3-8-22(26)27/h2,4-7,14-15,17,20H,3,8-13,16H2,1H3,(H,24,28). The number of nitrogens with zero attached hydrogens (tertiary/aromatic N) is 2. The predicted octanol–water partition coefficient (Wildman–Crippen LogP) is 4.08. The monoisotopic (exact) mass is 411 g/mol. The van der Waals surface area contributed by atoms with E-state index in [2.05, 4.69) is 34.7 Å². The van der Waals surface area contributed by atoms with E-state index in [1.807, 2.05) is 24.3 Å². The molecule has 2 aliphatic heterocycles. The largest absolute Gasteiger partial charge is 0.350 e. The van der Waals surface area contributed by atoms with Gasteiger partial charge >= 0.3 is 0 Å². The number of carbonyl (C=O) groups excluding carboxylic acids is 2. The number of nitrogens with one attached hydrogen (secondary N) is 1. The Labute approximate surface area is 176 Å². The minimum absolute atomic E-state index is 0.0783. The molecule has 5 nitrogen and oxygen atoms in total. The van der Waals surface area contributed by atoms with Gasteiger partial charge in [-0.25, -0.2) is 0 Å². The van der Waals surface area contributed by atoms with Crippen LogP contribution in [0.4, 0.5) is 5.69 Å². The van der Waals surface area contributed by atoms with Crippen LogP contribution in [0.5, 0.6) is 0 Å². The molecule has 0 bridgehead atoms. The van der Waals surface area contributed by atoms with Crippen molar-refractivity contribution in [3.63, 3.8) is 0 Å². The molecule has 1 N–H and O–H groups in total. The number of thiophene rings is 1. The van der Waals surface area contributed by atoms with E-state index in [-0.39, 0.29) is 17.9 Å². The molecule has 1 unspecified atom stereocenters. The van der Waals surface area contributed by atoms with Crippen molar-refractivity contribution in [1.29, 1.82) is 0 Å². The van der Waals surface area contributed by atoms with Crippen LogP contribution in [-0.4, -0.2) is 42.9 Å². The molecule has 2 aromatic rings. The minimum Gasteiger partial charge on any atom is -0.350 e. The van der Waals surface area contributed by atoms with Crippen molar-refractivity contribution >= 4 is 28.8 Å². The van der Waals surface area contributed by atoms with Gasteiger partial charge < -0.3 is 10.2 Å². The summed E-state index contributed by atoms with van der Waals surface area (Å²) in [6.07, 6.45) is 3.89. The molecule has 1 aromatic carbocycles. The molecular formula is C23H29N3O2S. The first-order valence-corrected chi connectivity index (χ1v) is 11.5. The van der Waals surface area contributed by atoms with E-state index in [1.165, 1.54) is 17.7 Å². The highest BCUT2D eigenvalue weighted by atomic mass is 32.1. The maximum absolute atomic E-state index is 12.9. The van der Waals surface area contributed by atoms with E-state index in [4.69, 9.17) is 0 Å². The van der Waals surface area contributed by atoms with Crippen LogP contribution in [0.2, 0.25) is 0 Å². The normalized spacial score (nSPS) is 19.5. The van der Waals surface area contributed by atoms with Gasteiger partial charge in [-0.15, -0.1) is 11.3 Å². The number of carbonyl (C=O) groups is 2. The smallest absolute Gasteiger partial charge is 0.251 e. The van der Waals surface area contributed by atoms with E-state index in [0.29, 0.717) is 18.5 Å². The summed E-state index contributed by atoms with van der Waals surface area (Å²) in [6, 6.07) is 11.9. The molecule has 1 aromatic heterocycles. The molecule has 0 radical (unpaired) electrons. The second-order valence-electron chi connectivity index (χ2n) is 8.16. The number of piperidine rings is 1.